The molecule has 234 valence electrons. The summed E-state index contributed by atoms with van der Waals surface area (Å²) in [5.74, 6) is -0.238. The van der Waals surface area contributed by atoms with Crippen molar-refractivity contribution >= 4 is 27.5 Å². The van der Waals surface area contributed by atoms with E-state index in [0.29, 0.717) is 0 Å². The van der Waals surface area contributed by atoms with Gasteiger partial charge in [-0.05, 0) is 93.3 Å². The molecule has 0 amide bonds. The second-order valence-electron chi connectivity index (χ2n) is 13.3. The molecule has 46 heavy (non-hydrogen) atoms. The second kappa shape index (κ2) is 12.1. The molecular weight excluding hydrogens is 575 g/mol. The third-order valence-corrected chi connectivity index (χ3v) is 8.85. The molecule has 1 fully saturated rings. The van der Waals surface area contributed by atoms with Crippen molar-refractivity contribution in [1.82, 2.24) is 35.0 Å². The van der Waals surface area contributed by atoms with Gasteiger partial charge >= 0.3 is 0 Å². The van der Waals surface area contributed by atoms with Gasteiger partial charge in [-0.25, -0.2) is 4.39 Å². The van der Waals surface area contributed by atoms with Gasteiger partial charge in [0.05, 0.1) is 40.7 Å². The largest absolute Gasteiger partial charge is 0.358 e. The second-order valence-corrected chi connectivity index (χ2v) is 13.3. The number of aromatic nitrogens is 6. The quantitative estimate of drug-likeness (QED) is 0.151. The SMILES string of the molecule is C=C(Nc1cncc(-c2cc3c(-c4cc5c(-c6cc(F)cc(CCCN7CCCC7)c6)nccc5[nH]4)n[nH]c3cn2)c1)C(C)(C)C. The van der Waals surface area contributed by atoms with Gasteiger partial charge in [-0.15, -0.1) is 0 Å². The maximum absolute atomic E-state index is 14.9. The standard InChI is InChI=1S/C37H39FN8/c1-23(37(2,3)4)42-28-17-26(20-39-21-28)32-18-30-34(22-41-32)44-45-36(30)33-19-29-31(43-33)9-10-40-35(29)25-14-24(15-27(38)16-25)8-7-13-46-11-5-6-12-46/h9-10,14-22,42-43H,1,5-8,11-13H2,2-4H3,(H,44,45). The number of fused-ring (bicyclic) bond motifs is 2. The summed E-state index contributed by atoms with van der Waals surface area (Å²) in [6.07, 6.45) is 11.6. The van der Waals surface area contributed by atoms with Crippen LogP contribution in [0.5, 0.6) is 0 Å². The Morgan fingerprint density at radius 2 is 1.76 bits per heavy atom. The predicted octanol–water partition coefficient (Wildman–Crippen LogP) is 8.37. The van der Waals surface area contributed by atoms with Gasteiger partial charge in [-0.1, -0.05) is 27.4 Å². The zero-order chi connectivity index (χ0) is 31.8. The van der Waals surface area contributed by atoms with Crippen LogP contribution in [0.1, 0.15) is 45.6 Å². The summed E-state index contributed by atoms with van der Waals surface area (Å²) in [5, 5.41) is 13.0. The number of halogens is 1. The monoisotopic (exact) mass is 614 g/mol. The molecule has 0 bridgehead atoms. The molecule has 6 heterocycles. The maximum Gasteiger partial charge on any atom is 0.124 e. The minimum absolute atomic E-state index is 0.0855. The Morgan fingerprint density at radius 3 is 2.59 bits per heavy atom. The van der Waals surface area contributed by atoms with Crippen LogP contribution in [0.4, 0.5) is 10.1 Å². The van der Waals surface area contributed by atoms with Gasteiger partial charge in [0.1, 0.15) is 11.5 Å². The minimum Gasteiger partial charge on any atom is -0.358 e. The first-order valence-electron chi connectivity index (χ1n) is 16.0. The van der Waals surface area contributed by atoms with Crippen LogP contribution in [0.2, 0.25) is 0 Å². The van der Waals surface area contributed by atoms with Crippen molar-refractivity contribution in [2.45, 2.75) is 46.5 Å². The maximum atomic E-state index is 14.9. The first kappa shape index (κ1) is 29.8. The fraction of sp³-hybridized carbons (Fsp3) is 0.297. The highest BCUT2D eigenvalue weighted by molar-refractivity contribution is 6.00. The van der Waals surface area contributed by atoms with Crippen molar-refractivity contribution < 1.29 is 4.39 Å². The van der Waals surface area contributed by atoms with Gasteiger partial charge < -0.3 is 15.2 Å². The Labute approximate surface area is 268 Å². The number of H-pyrrole nitrogens is 2. The lowest BCUT2D eigenvalue weighted by atomic mass is 9.93. The number of rotatable bonds is 9. The predicted molar refractivity (Wildman–Crippen MR) is 184 cm³/mol. The van der Waals surface area contributed by atoms with Crippen LogP contribution in [0, 0.1) is 11.2 Å². The van der Waals surface area contributed by atoms with Crippen LogP contribution in [0.3, 0.4) is 0 Å². The molecule has 3 N–H and O–H groups in total. The fourth-order valence-corrected chi connectivity index (χ4v) is 6.15. The smallest absolute Gasteiger partial charge is 0.124 e. The molecule has 1 aliphatic heterocycles. The lowest BCUT2D eigenvalue weighted by Gasteiger charge is -2.23. The van der Waals surface area contributed by atoms with Gasteiger partial charge in [0.25, 0.3) is 0 Å². The number of anilines is 1. The summed E-state index contributed by atoms with van der Waals surface area (Å²) < 4.78 is 14.9. The molecule has 0 aliphatic carbocycles. The molecule has 0 radical (unpaired) electrons. The van der Waals surface area contributed by atoms with Gasteiger partial charge in [0, 0.05) is 50.9 Å². The number of hydrogen-bond donors (Lipinski definition) is 3. The van der Waals surface area contributed by atoms with Crippen LogP contribution in [-0.2, 0) is 6.42 Å². The minimum atomic E-state index is -0.238. The molecule has 0 unspecified atom stereocenters. The summed E-state index contributed by atoms with van der Waals surface area (Å²) in [7, 11) is 0. The summed E-state index contributed by atoms with van der Waals surface area (Å²) in [5.41, 5.74) is 9.20. The fourth-order valence-electron chi connectivity index (χ4n) is 6.15. The van der Waals surface area contributed by atoms with E-state index in [0.717, 1.165) is 92.0 Å². The number of aryl methyl sites for hydroxylation is 1. The summed E-state index contributed by atoms with van der Waals surface area (Å²) in [6.45, 7) is 13.9. The average molecular weight is 615 g/mol. The van der Waals surface area contributed by atoms with E-state index in [1.165, 1.54) is 25.9 Å². The molecule has 1 aliphatic rings. The van der Waals surface area contributed by atoms with E-state index in [1.54, 1.807) is 36.9 Å². The van der Waals surface area contributed by atoms with Gasteiger partial charge in [-0.3, -0.25) is 20.1 Å². The number of nitrogens with zero attached hydrogens (tertiary/aromatic N) is 5. The van der Waals surface area contributed by atoms with E-state index in [4.69, 9.17) is 4.98 Å². The molecule has 0 atom stereocenters. The molecule has 9 heteroatoms. The normalized spacial score (nSPS) is 14.0. The van der Waals surface area contributed by atoms with Crippen LogP contribution in [0.15, 0.2) is 79.5 Å². The zero-order valence-electron chi connectivity index (χ0n) is 26.6. The molecule has 6 aromatic rings. The molecule has 0 saturated carbocycles. The van der Waals surface area contributed by atoms with Crippen LogP contribution < -0.4 is 5.32 Å². The third kappa shape index (κ3) is 6.15. The Bertz CT molecular complexity index is 2040. The van der Waals surface area contributed by atoms with E-state index in [-0.39, 0.29) is 11.2 Å². The Hall–Kier alpha value is -4.89. The number of aromatic amines is 2. The van der Waals surface area contributed by atoms with Gasteiger partial charge in [0.15, 0.2) is 0 Å². The Kier molecular flexibility index (Phi) is 7.86. The first-order chi connectivity index (χ1) is 22.2. The van der Waals surface area contributed by atoms with E-state index >= 15 is 0 Å². The van der Waals surface area contributed by atoms with Gasteiger partial charge in [0.2, 0.25) is 0 Å². The van der Waals surface area contributed by atoms with E-state index < -0.39 is 0 Å². The first-order valence-corrected chi connectivity index (χ1v) is 16.0. The van der Waals surface area contributed by atoms with Crippen molar-refractivity contribution in [1.29, 1.82) is 0 Å². The van der Waals surface area contributed by atoms with Crippen molar-refractivity contribution in [3.63, 3.8) is 0 Å². The number of pyridine rings is 3. The van der Waals surface area contributed by atoms with Crippen LogP contribution >= 0.6 is 0 Å². The number of benzene rings is 1. The molecule has 5 aromatic heterocycles. The zero-order valence-corrected chi connectivity index (χ0v) is 26.6. The molecule has 1 saturated heterocycles. The van der Waals surface area contributed by atoms with Crippen molar-refractivity contribution in [2.75, 3.05) is 25.0 Å². The van der Waals surface area contributed by atoms with Crippen LogP contribution in [-0.4, -0.2) is 54.7 Å². The lowest BCUT2D eigenvalue weighted by Crippen LogP contribution is -2.20. The number of hydrogen-bond acceptors (Lipinski definition) is 6. The highest BCUT2D eigenvalue weighted by atomic mass is 19.1. The Morgan fingerprint density at radius 1 is 0.935 bits per heavy atom. The molecule has 1 aromatic carbocycles. The van der Waals surface area contributed by atoms with Gasteiger partial charge in [-0.2, -0.15) is 5.10 Å². The molecule has 0 spiro atoms. The van der Waals surface area contributed by atoms with Crippen molar-refractivity contribution in [2.24, 2.45) is 5.41 Å². The van der Waals surface area contributed by atoms with E-state index in [9.17, 15) is 4.39 Å². The van der Waals surface area contributed by atoms with E-state index in [2.05, 4.69) is 74.8 Å². The summed E-state index contributed by atoms with van der Waals surface area (Å²) >= 11 is 0. The number of allylic oxidation sites excluding steroid dienone is 1. The molecule has 7 rings (SSSR count). The number of nitrogens with one attached hydrogen (secondary N) is 3. The topological polar surface area (TPSA) is 98.4 Å². The number of likely N-dealkylation sites (tertiary alicyclic amines) is 1. The van der Waals surface area contributed by atoms with Crippen molar-refractivity contribution in [3.05, 3.63) is 90.9 Å². The lowest BCUT2D eigenvalue weighted by molar-refractivity contribution is 0.334. The highest BCUT2D eigenvalue weighted by Gasteiger charge is 2.18. The van der Waals surface area contributed by atoms with Crippen LogP contribution in [0.25, 0.3) is 55.7 Å². The summed E-state index contributed by atoms with van der Waals surface area (Å²) in [6, 6.07) is 13.4. The Balaban J connectivity index is 1.19. The highest BCUT2D eigenvalue weighted by Crippen LogP contribution is 2.35. The summed E-state index contributed by atoms with van der Waals surface area (Å²) in [4.78, 5) is 19.9. The molecule has 8 nitrogen and oxygen atoms in total. The molecular formula is C37H39FN8. The average Bonchev–Trinajstić information content (AvgIpc) is 3.80. The third-order valence-electron chi connectivity index (χ3n) is 8.85. The van der Waals surface area contributed by atoms with E-state index in [1.807, 2.05) is 18.2 Å². The van der Waals surface area contributed by atoms with Crippen molar-refractivity contribution in [3.8, 4) is 33.9 Å².